The molecule has 12 amide bonds. The van der Waals surface area contributed by atoms with Gasteiger partial charge in [-0.3, -0.25) is 85.9 Å². The van der Waals surface area contributed by atoms with Gasteiger partial charge in [-0.1, -0.05) is 33.3 Å². The van der Waals surface area contributed by atoms with E-state index in [1.54, 1.807) is 19.9 Å². The largest absolute Gasteiger partial charge is 0.481 e. The number of hydrogen-bond donors (Lipinski definition) is 11. The van der Waals surface area contributed by atoms with Crippen molar-refractivity contribution in [3.8, 4) is 0 Å². The van der Waals surface area contributed by atoms with Gasteiger partial charge < -0.3 is 67.1 Å². The highest BCUT2D eigenvalue weighted by Crippen LogP contribution is 2.34. The number of aromatic nitrogens is 1. The molecular formula is C60H79N11O20S3. The van der Waals surface area contributed by atoms with Crippen LogP contribution < -0.4 is 31.9 Å². The van der Waals surface area contributed by atoms with Crippen LogP contribution in [0.15, 0.2) is 23.2 Å². The molecule has 11 N–H and O–H groups in total. The van der Waals surface area contributed by atoms with Gasteiger partial charge in [-0.15, -0.1) is 23.5 Å². The number of nitrogens with zero attached hydrogens (tertiary/aromatic N) is 4. The van der Waals surface area contributed by atoms with E-state index in [9.17, 15) is 92.3 Å². The second-order valence-electron chi connectivity index (χ2n) is 24.4. The van der Waals surface area contributed by atoms with Crippen molar-refractivity contribution in [3.05, 3.63) is 29.3 Å². The van der Waals surface area contributed by atoms with Crippen LogP contribution in [-0.2, 0) is 95.6 Å². The maximum atomic E-state index is 15.2. The van der Waals surface area contributed by atoms with Crippen molar-refractivity contribution in [1.29, 1.82) is 0 Å². The Labute approximate surface area is 550 Å². The van der Waals surface area contributed by atoms with Crippen molar-refractivity contribution in [2.24, 2.45) is 17.8 Å². The molecule has 4 fully saturated rings. The highest BCUT2D eigenvalue weighted by Gasteiger charge is 2.47. The van der Waals surface area contributed by atoms with Gasteiger partial charge in [0.25, 0.3) is 0 Å². The molecule has 0 saturated carbocycles. The Morgan fingerprint density at radius 3 is 1.98 bits per heavy atom. The predicted octanol–water partition coefficient (Wildman–Crippen LogP) is -3.74. The number of carboxylic acid groups (broad SMARTS) is 1. The van der Waals surface area contributed by atoms with Gasteiger partial charge in [0, 0.05) is 106 Å². The Bertz CT molecular complexity index is 3340. The fourth-order valence-corrected chi connectivity index (χ4v) is 16.3. The van der Waals surface area contributed by atoms with Gasteiger partial charge in [-0.05, 0) is 42.0 Å². The number of hydrogen-bond acceptors (Lipinski definition) is 21. The SMILES string of the molecule is CC[C@H](C)[C@@H]1NC(=O)CNC(=O)[C@@H]2Cc3c([nH]c4ccc(CC(=O)CCCCC(=O)N5CCN6C(=O)CC(SCSC7CC(=O)N(CC5)C7=O)C6=O)cc34)S(=O)C[C@H](NC(=O)CNC1=O)C(=O)C[C@@H](CC(=O)O)C(=O)N1C[C@H](O)C[C@H]1C(=O)N[C@@H](C(C)C(O)CO)C(=O)N2. The molecule has 512 valence electrons. The van der Waals surface area contributed by atoms with Gasteiger partial charge in [-0.2, -0.15) is 0 Å². The molecule has 0 spiro atoms. The van der Waals surface area contributed by atoms with Crippen LogP contribution in [0.3, 0.4) is 0 Å². The lowest BCUT2D eigenvalue weighted by Gasteiger charge is -2.32. The van der Waals surface area contributed by atoms with Crippen molar-refractivity contribution >= 4 is 134 Å². The molecule has 5 unspecified atom stereocenters. The van der Waals surface area contributed by atoms with E-state index >= 15 is 4.21 Å². The maximum absolute atomic E-state index is 15.2. The normalized spacial score (nSPS) is 27.9. The van der Waals surface area contributed by atoms with Gasteiger partial charge in [0.15, 0.2) is 5.78 Å². The first kappa shape index (κ1) is 72.2. The van der Waals surface area contributed by atoms with E-state index in [0.717, 1.165) is 14.7 Å². The van der Waals surface area contributed by atoms with E-state index in [0.29, 0.717) is 17.1 Å². The van der Waals surface area contributed by atoms with Crippen LogP contribution in [-0.4, -0.2) is 254 Å². The molecule has 0 aliphatic carbocycles. The average molecular weight is 1370 g/mol. The Morgan fingerprint density at radius 2 is 1.35 bits per heavy atom. The summed E-state index contributed by atoms with van der Waals surface area (Å²) >= 11 is 2.46. The number of carbonyl (C=O) groups is 15. The molecule has 6 aliphatic rings. The summed E-state index contributed by atoms with van der Waals surface area (Å²) in [5.74, 6) is -16.7. The average Bonchev–Trinajstić information content (AvgIpc) is 1.62. The smallest absolute Gasteiger partial charge is 0.304 e. The molecule has 1 aromatic heterocycles. The van der Waals surface area contributed by atoms with E-state index in [2.05, 4.69) is 36.9 Å². The fourth-order valence-electron chi connectivity index (χ4n) is 12.2. The van der Waals surface area contributed by atoms with Gasteiger partial charge in [-0.25, -0.2) is 0 Å². The number of nitrogens with one attached hydrogen (secondary N) is 7. The van der Waals surface area contributed by atoms with E-state index < -0.39 is 210 Å². The molecule has 94 heavy (non-hydrogen) atoms. The third kappa shape index (κ3) is 17.6. The molecule has 6 bridgehead atoms. The number of imide groups is 2. The third-order valence-electron chi connectivity index (χ3n) is 17.9. The lowest BCUT2D eigenvalue weighted by Crippen LogP contribution is -2.61. The zero-order valence-corrected chi connectivity index (χ0v) is 54.5. The van der Waals surface area contributed by atoms with Crippen LogP contribution in [0.25, 0.3) is 10.9 Å². The van der Waals surface area contributed by atoms with Crippen LogP contribution in [0.5, 0.6) is 0 Å². The van der Waals surface area contributed by atoms with Crippen LogP contribution in [0.4, 0.5) is 0 Å². The Morgan fingerprint density at radius 1 is 0.723 bits per heavy atom. The highest BCUT2D eigenvalue weighted by atomic mass is 32.2. The number of amides is 12. The van der Waals surface area contributed by atoms with E-state index in [-0.39, 0.29) is 110 Å². The Balaban J connectivity index is 1.11. The van der Waals surface area contributed by atoms with Gasteiger partial charge >= 0.3 is 5.97 Å². The summed E-state index contributed by atoms with van der Waals surface area (Å²) in [7, 11) is -2.48. The number of thioether (sulfide) groups is 2. The molecule has 13 atom stereocenters. The first-order valence-electron chi connectivity index (χ1n) is 31.2. The lowest BCUT2D eigenvalue weighted by molar-refractivity contribution is -0.148. The monoisotopic (exact) mass is 1370 g/mol. The van der Waals surface area contributed by atoms with Gasteiger partial charge in [0.05, 0.1) is 77.3 Å². The van der Waals surface area contributed by atoms with Crippen molar-refractivity contribution < 1.29 is 96.6 Å². The number of benzene rings is 1. The Hall–Kier alpha value is -7.66. The number of aliphatic hydroxyl groups excluding tert-OH is 3. The van der Waals surface area contributed by atoms with Crippen LogP contribution in [0, 0.1) is 17.8 Å². The second-order valence-corrected chi connectivity index (χ2v) is 28.6. The summed E-state index contributed by atoms with van der Waals surface area (Å²) in [6.07, 6.45) is -5.89. The molecule has 8 rings (SSSR count). The van der Waals surface area contributed by atoms with E-state index in [1.807, 2.05) is 0 Å². The summed E-state index contributed by atoms with van der Waals surface area (Å²) in [4.78, 5) is 214. The summed E-state index contributed by atoms with van der Waals surface area (Å²) in [6, 6.07) is -3.85. The minimum Gasteiger partial charge on any atom is -0.481 e. The minimum absolute atomic E-state index is 0.00978. The van der Waals surface area contributed by atoms with Crippen LogP contribution >= 0.6 is 23.5 Å². The van der Waals surface area contributed by atoms with Crippen molar-refractivity contribution in [1.82, 2.24) is 56.5 Å². The van der Waals surface area contributed by atoms with E-state index in [4.69, 9.17) is 0 Å². The Kier molecular flexibility index (Phi) is 24.7. The second kappa shape index (κ2) is 32.2. The number of aromatic amines is 1. The molecular weight excluding hydrogens is 1290 g/mol. The molecule has 34 heteroatoms. The molecule has 4 saturated heterocycles. The van der Waals surface area contributed by atoms with Crippen LogP contribution in [0.1, 0.15) is 96.1 Å². The van der Waals surface area contributed by atoms with Crippen molar-refractivity contribution in [2.45, 2.75) is 156 Å². The number of H-pyrrole nitrogens is 1. The topological polar surface area (TPSA) is 455 Å². The first-order valence-corrected chi connectivity index (χ1v) is 34.6. The summed E-state index contributed by atoms with van der Waals surface area (Å²) < 4.78 is 15.2. The van der Waals surface area contributed by atoms with Crippen LogP contribution in [0.2, 0.25) is 0 Å². The molecule has 2 aromatic rings. The quantitative estimate of drug-likeness (QED) is 0.0639. The number of Topliss-reactive ketones (excluding diaryl/α,β-unsaturated/α-hetero) is 2. The first-order chi connectivity index (χ1) is 44.7. The summed E-state index contributed by atoms with van der Waals surface area (Å²) in [5.41, 5.74) is 0.603. The third-order valence-corrected chi connectivity index (χ3v) is 21.9. The zero-order chi connectivity index (χ0) is 68.4. The number of rotatable bonds is 14. The number of ketones is 2. The number of fused-ring (bicyclic) bond motifs is 9. The summed E-state index contributed by atoms with van der Waals surface area (Å²) in [5, 5.41) is 55.9. The summed E-state index contributed by atoms with van der Waals surface area (Å²) in [6.45, 7) is 1.16. The molecule has 1 aromatic carbocycles. The predicted molar refractivity (Wildman–Crippen MR) is 334 cm³/mol. The maximum Gasteiger partial charge on any atom is 0.304 e. The van der Waals surface area contributed by atoms with Crippen molar-refractivity contribution in [2.75, 3.05) is 63.3 Å². The minimum atomic E-state index is -2.48. The number of aliphatic hydroxyl groups is 3. The molecule has 0 radical (unpaired) electrons. The fraction of sp³-hybridized carbons (Fsp3) is 0.617. The lowest BCUT2D eigenvalue weighted by atomic mass is 9.93. The highest BCUT2D eigenvalue weighted by molar-refractivity contribution is 8.17. The number of carboxylic acids is 1. The molecule has 31 nitrogen and oxygen atoms in total. The van der Waals surface area contributed by atoms with Crippen molar-refractivity contribution in [3.63, 3.8) is 0 Å². The van der Waals surface area contributed by atoms with Gasteiger partial charge in [0.1, 0.15) is 35.0 Å². The number of carbonyl (C=O) groups excluding carboxylic acids is 14. The number of unbranched alkanes of at least 4 members (excludes halogenated alkanes) is 1. The number of aliphatic carboxylic acids is 1. The standard InChI is InChI=1S/C60H79N11O20S3/c1-4-29(2)51-55(86)62-23-45(77)63-39-27-94(91)57-36(20-38(53(84)61-24-46(78)66-51)64-56(87)52(30(3)42(76)26-72)67-54(85)40-19-34(74)25-71(40)58(88)32(17-41(39)75)18-50(82)83)35-16-31(9-10-37(35)65-57)15-33(73)7-5-6-8-47(79)68-11-13-69-48(80)21-43(59(69)89)92-28-93-44-22-49(81)70(14-12-68)60(44)90/h9-10,16,29-30,32,34,38-40,42-44,51-52,65,72,74,76H,4-8,11-15,17-28H2,1-3H3,(H,61,84)(H,62,86)(H,63,77)(H,64,87)(H,66,78)(H,67,85)(H,82,83)/t29-,30?,32-,34+,38-,39-,40-,42?,43?,44?,51-,52-,94?/m0/s1. The molecule has 7 heterocycles. The zero-order valence-electron chi connectivity index (χ0n) is 52.1. The molecule has 6 aliphatic heterocycles. The van der Waals surface area contributed by atoms with Gasteiger partial charge in [0.2, 0.25) is 70.9 Å². The van der Waals surface area contributed by atoms with E-state index in [1.165, 1.54) is 47.5 Å².